The molecule has 26 heavy (non-hydrogen) atoms. The molecule has 0 aliphatic heterocycles. The molecule has 0 saturated carbocycles. The van der Waals surface area contributed by atoms with Gasteiger partial charge in [-0.2, -0.15) is 4.98 Å². The maximum atomic E-state index is 12.4. The van der Waals surface area contributed by atoms with Gasteiger partial charge in [0.05, 0.1) is 4.90 Å². The number of aromatic amines is 1. The highest BCUT2D eigenvalue weighted by Gasteiger charge is 2.15. The molecular formula is C18H14N4O3S. The van der Waals surface area contributed by atoms with E-state index in [9.17, 15) is 8.42 Å². The van der Waals surface area contributed by atoms with Gasteiger partial charge in [-0.1, -0.05) is 18.2 Å². The van der Waals surface area contributed by atoms with Crippen LogP contribution in [-0.2, 0) is 10.0 Å². The van der Waals surface area contributed by atoms with Gasteiger partial charge in [-0.15, -0.1) is 0 Å². The van der Waals surface area contributed by atoms with E-state index in [0.29, 0.717) is 5.75 Å². The van der Waals surface area contributed by atoms with Crippen molar-refractivity contribution in [3.8, 4) is 11.6 Å². The first-order valence-electron chi connectivity index (χ1n) is 7.76. The van der Waals surface area contributed by atoms with Gasteiger partial charge in [-0.3, -0.25) is 0 Å². The summed E-state index contributed by atoms with van der Waals surface area (Å²) < 4.78 is 32.8. The van der Waals surface area contributed by atoms with E-state index in [2.05, 4.69) is 19.7 Å². The third-order valence-corrected chi connectivity index (χ3v) is 5.00. The van der Waals surface area contributed by atoms with Crippen molar-refractivity contribution < 1.29 is 13.2 Å². The standard InChI is InChI=1S/C18H14N4O3S/c23-26(24,15-4-2-1-3-5-15)22-18-20-11-9-17(21-18)25-14-6-7-16-13(12-14)8-10-19-16/h1-12,19H,(H,20,21,22). The van der Waals surface area contributed by atoms with Crippen molar-refractivity contribution in [1.29, 1.82) is 0 Å². The molecule has 130 valence electrons. The predicted molar refractivity (Wildman–Crippen MR) is 97.7 cm³/mol. The lowest BCUT2D eigenvalue weighted by atomic mass is 10.2. The topological polar surface area (TPSA) is 97.0 Å². The quantitative estimate of drug-likeness (QED) is 0.563. The molecule has 0 fully saturated rings. The first-order valence-corrected chi connectivity index (χ1v) is 9.24. The van der Waals surface area contributed by atoms with Crippen LogP contribution in [0.1, 0.15) is 0 Å². The molecule has 8 heteroatoms. The molecule has 7 nitrogen and oxygen atoms in total. The number of hydrogen-bond acceptors (Lipinski definition) is 5. The first kappa shape index (κ1) is 16.1. The molecule has 2 N–H and O–H groups in total. The fourth-order valence-corrected chi connectivity index (χ4v) is 3.41. The van der Waals surface area contributed by atoms with E-state index in [1.165, 1.54) is 18.3 Å². The number of anilines is 1. The van der Waals surface area contributed by atoms with Gasteiger partial charge in [0.1, 0.15) is 5.75 Å². The molecule has 0 aliphatic carbocycles. The minimum absolute atomic E-state index is 0.0610. The number of benzene rings is 2. The molecule has 2 aromatic carbocycles. The zero-order valence-corrected chi connectivity index (χ0v) is 14.3. The lowest BCUT2D eigenvalue weighted by Crippen LogP contribution is -2.15. The third kappa shape index (κ3) is 3.35. The van der Waals surface area contributed by atoms with Gasteiger partial charge in [-0.25, -0.2) is 18.1 Å². The molecule has 2 heterocycles. The molecule has 0 radical (unpaired) electrons. The molecule has 0 bridgehead atoms. The van der Waals surface area contributed by atoms with Crippen LogP contribution < -0.4 is 9.46 Å². The maximum absolute atomic E-state index is 12.4. The van der Waals surface area contributed by atoms with Crippen molar-refractivity contribution >= 4 is 26.9 Å². The zero-order valence-electron chi connectivity index (χ0n) is 13.5. The SMILES string of the molecule is O=S(=O)(Nc1nccc(Oc2ccc3[nH]ccc3c2)n1)c1ccccc1. The first-order chi connectivity index (χ1) is 12.6. The van der Waals surface area contributed by atoms with Gasteiger partial charge < -0.3 is 9.72 Å². The van der Waals surface area contributed by atoms with E-state index in [-0.39, 0.29) is 16.7 Å². The Bertz CT molecular complexity index is 1160. The second-order valence-corrected chi connectivity index (χ2v) is 7.15. The molecule has 4 rings (SSSR count). The second kappa shape index (κ2) is 6.49. The minimum atomic E-state index is -3.76. The Balaban J connectivity index is 1.56. The number of H-pyrrole nitrogens is 1. The van der Waals surface area contributed by atoms with E-state index >= 15 is 0 Å². The summed E-state index contributed by atoms with van der Waals surface area (Å²) in [6, 6.07) is 17.1. The van der Waals surface area contributed by atoms with E-state index in [0.717, 1.165) is 10.9 Å². The number of ether oxygens (including phenoxy) is 1. The van der Waals surface area contributed by atoms with E-state index in [4.69, 9.17) is 4.74 Å². The molecule has 0 amide bonds. The number of rotatable bonds is 5. The van der Waals surface area contributed by atoms with Gasteiger partial charge in [0, 0.05) is 29.4 Å². The molecular weight excluding hydrogens is 352 g/mol. The maximum Gasteiger partial charge on any atom is 0.264 e. The summed E-state index contributed by atoms with van der Waals surface area (Å²) in [6.07, 6.45) is 3.27. The summed E-state index contributed by atoms with van der Waals surface area (Å²) in [4.78, 5) is 11.3. The summed E-state index contributed by atoms with van der Waals surface area (Å²) in [6.45, 7) is 0. The normalized spacial score (nSPS) is 11.4. The molecule has 0 unspecified atom stereocenters. The van der Waals surface area contributed by atoms with Gasteiger partial charge in [0.15, 0.2) is 0 Å². The van der Waals surface area contributed by atoms with Gasteiger partial charge in [0.25, 0.3) is 10.0 Å². The van der Waals surface area contributed by atoms with Crippen LogP contribution >= 0.6 is 0 Å². The lowest BCUT2D eigenvalue weighted by Gasteiger charge is -2.08. The number of nitrogens with zero attached hydrogens (tertiary/aromatic N) is 2. The highest BCUT2D eigenvalue weighted by atomic mass is 32.2. The van der Waals surface area contributed by atoms with Gasteiger partial charge >= 0.3 is 0 Å². The second-order valence-electron chi connectivity index (χ2n) is 5.47. The minimum Gasteiger partial charge on any atom is -0.439 e. The average molecular weight is 366 g/mol. The van der Waals surface area contributed by atoms with E-state index in [1.54, 1.807) is 30.3 Å². The Morgan fingerprint density at radius 2 is 1.85 bits per heavy atom. The molecule has 2 aromatic heterocycles. The Labute approximate surface area is 149 Å². The third-order valence-electron chi connectivity index (χ3n) is 3.66. The van der Waals surface area contributed by atoms with Crippen molar-refractivity contribution in [3.05, 3.63) is 73.1 Å². The summed E-state index contributed by atoms with van der Waals surface area (Å²) in [5.41, 5.74) is 0.997. The highest BCUT2D eigenvalue weighted by Crippen LogP contribution is 2.24. The monoisotopic (exact) mass is 366 g/mol. The number of fused-ring (bicyclic) bond motifs is 1. The van der Waals surface area contributed by atoms with Crippen molar-refractivity contribution in [2.24, 2.45) is 0 Å². The molecule has 0 spiro atoms. The van der Waals surface area contributed by atoms with Crippen LogP contribution in [0.2, 0.25) is 0 Å². The smallest absolute Gasteiger partial charge is 0.264 e. The highest BCUT2D eigenvalue weighted by molar-refractivity contribution is 7.92. The van der Waals surface area contributed by atoms with Crippen molar-refractivity contribution in [2.75, 3.05) is 4.72 Å². The summed E-state index contributed by atoms with van der Waals surface area (Å²) in [7, 11) is -3.76. The van der Waals surface area contributed by atoms with Crippen LogP contribution in [0.4, 0.5) is 5.95 Å². The van der Waals surface area contributed by atoms with Crippen LogP contribution in [0.15, 0.2) is 78.0 Å². The van der Waals surface area contributed by atoms with Gasteiger partial charge in [0.2, 0.25) is 11.8 Å². The average Bonchev–Trinajstić information content (AvgIpc) is 3.10. The van der Waals surface area contributed by atoms with Crippen LogP contribution in [0.25, 0.3) is 10.9 Å². The van der Waals surface area contributed by atoms with Crippen molar-refractivity contribution in [3.63, 3.8) is 0 Å². The number of hydrogen-bond donors (Lipinski definition) is 2. The Morgan fingerprint density at radius 1 is 1.00 bits per heavy atom. The van der Waals surface area contributed by atoms with Crippen molar-refractivity contribution in [1.82, 2.24) is 15.0 Å². The Morgan fingerprint density at radius 3 is 2.69 bits per heavy atom. The summed E-state index contributed by atoms with van der Waals surface area (Å²) >= 11 is 0. The Kier molecular flexibility index (Phi) is 4.02. The number of aromatic nitrogens is 3. The lowest BCUT2D eigenvalue weighted by molar-refractivity contribution is 0.463. The number of sulfonamides is 1. The fourth-order valence-electron chi connectivity index (χ4n) is 2.44. The zero-order chi connectivity index (χ0) is 18.0. The predicted octanol–water partition coefficient (Wildman–Crippen LogP) is 3.55. The van der Waals surface area contributed by atoms with E-state index in [1.807, 2.05) is 24.4 Å². The van der Waals surface area contributed by atoms with Crippen LogP contribution in [-0.4, -0.2) is 23.4 Å². The van der Waals surface area contributed by atoms with E-state index < -0.39 is 10.0 Å². The molecule has 0 aliphatic rings. The molecule has 4 aromatic rings. The van der Waals surface area contributed by atoms with Gasteiger partial charge in [-0.05, 0) is 36.4 Å². The van der Waals surface area contributed by atoms with Crippen LogP contribution in [0, 0.1) is 0 Å². The summed E-state index contributed by atoms with van der Waals surface area (Å²) in [5.74, 6) is 0.766. The van der Waals surface area contributed by atoms with Crippen LogP contribution in [0.3, 0.4) is 0 Å². The van der Waals surface area contributed by atoms with Crippen LogP contribution in [0.5, 0.6) is 11.6 Å². The fraction of sp³-hybridized carbons (Fsp3) is 0. The molecule has 0 atom stereocenters. The Hall–Kier alpha value is -3.39. The van der Waals surface area contributed by atoms with Crippen molar-refractivity contribution in [2.45, 2.75) is 4.90 Å². The molecule has 0 saturated heterocycles. The summed E-state index contributed by atoms with van der Waals surface area (Å²) in [5, 5.41) is 1.00. The number of nitrogens with one attached hydrogen (secondary N) is 2. The largest absolute Gasteiger partial charge is 0.439 e.